The number of aliphatic imine (C=N–C) groups is 1. The van der Waals surface area contributed by atoms with Crippen LogP contribution in [0.5, 0.6) is 5.75 Å². The van der Waals surface area contributed by atoms with Crippen molar-refractivity contribution in [1.82, 2.24) is 25.4 Å². The molecule has 28 heavy (non-hydrogen) atoms. The maximum absolute atomic E-state index is 5.72. The van der Waals surface area contributed by atoms with Gasteiger partial charge in [-0.05, 0) is 30.5 Å². The van der Waals surface area contributed by atoms with Crippen LogP contribution >= 0.6 is 24.0 Å². The number of rotatable bonds is 10. The average Bonchev–Trinajstić information content (AvgIpc) is 3.12. The Bertz CT molecular complexity index is 699. The van der Waals surface area contributed by atoms with Crippen LogP contribution in [0.3, 0.4) is 0 Å². The zero-order valence-electron chi connectivity index (χ0n) is 17.3. The molecular formula is C20H33IN6O. The van der Waals surface area contributed by atoms with E-state index in [0.29, 0.717) is 12.5 Å². The first kappa shape index (κ1) is 24.2. The first-order chi connectivity index (χ1) is 13.1. The average molecular weight is 500 g/mol. The number of ether oxygens (including phenoxy) is 1. The van der Waals surface area contributed by atoms with Gasteiger partial charge in [0.05, 0.1) is 13.2 Å². The van der Waals surface area contributed by atoms with E-state index in [1.54, 1.807) is 6.33 Å². The molecule has 0 unspecified atom stereocenters. The lowest BCUT2D eigenvalue weighted by Crippen LogP contribution is -2.38. The summed E-state index contributed by atoms with van der Waals surface area (Å²) in [5.74, 6) is 3.24. The lowest BCUT2D eigenvalue weighted by atomic mass is 10.2. The number of hydrogen-bond acceptors (Lipinski definition) is 4. The summed E-state index contributed by atoms with van der Waals surface area (Å²) in [4.78, 5) is 4.66. The number of nitrogens with one attached hydrogen (secondary N) is 2. The first-order valence-electron chi connectivity index (χ1n) is 9.73. The minimum Gasteiger partial charge on any atom is -0.493 e. The Morgan fingerprint density at radius 3 is 2.57 bits per heavy atom. The molecule has 0 atom stereocenters. The van der Waals surface area contributed by atoms with Crippen LogP contribution in [0.1, 0.15) is 39.1 Å². The summed E-state index contributed by atoms with van der Waals surface area (Å²) < 4.78 is 7.78. The molecule has 0 fully saturated rings. The van der Waals surface area contributed by atoms with Crippen molar-refractivity contribution in [3.63, 3.8) is 0 Å². The van der Waals surface area contributed by atoms with Crippen molar-refractivity contribution in [2.75, 3.05) is 19.7 Å². The number of halogens is 1. The van der Waals surface area contributed by atoms with Gasteiger partial charge in [-0.2, -0.15) is 0 Å². The predicted octanol–water partition coefficient (Wildman–Crippen LogP) is 3.25. The van der Waals surface area contributed by atoms with Crippen LogP contribution in [0.15, 0.2) is 35.6 Å². The second-order valence-corrected chi connectivity index (χ2v) is 6.76. The Kier molecular flexibility index (Phi) is 11.5. The first-order valence-corrected chi connectivity index (χ1v) is 9.73. The molecule has 0 saturated carbocycles. The molecule has 1 aromatic carbocycles. The largest absolute Gasteiger partial charge is 0.493 e. The van der Waals surface area contributed by atoms with Gasteiger partial charge in [0.15, 0.2) is 5.96 Å². The molecule has 0 spiro atoms. The number of aryl methyl sites for hydroxylation is 1. The third kappa shape index (κ3) is 8.45. The third-order valence-electron chi connectivity index (χ3n) is 3.93. The summed E-state index contributed by atoms with van der Waals surface area (Å²) in [6.45, 7) is 12.2. The van der Waals surface area contributed by atoms with E-state index >= 15 is 0 Å². The minimum absolute atomic E-state index is 0. The second kappa shape index (κ2) is 13.4. The maximum Gasteiger partial charge on any atom is 0.191 e. The maximum atomic E-state index is 5.72. The van der Waals surface area contributed by atoms with E-state index < -0.39 is 0 Å². The topological polar surface area (TPSA) is 76.4 Å². The van der Waals surface area contributed by atoms with Crippen LogP contribution in [0.25, 0.3) is 0 Å². The molecule has 0 amide bonds. The molecule has 2 rings (SSSR count). The number of nitrogens with zero attached hydrogens (tertiary/aromatic N) is 4. The lowest BCUT2D eigenvalue weighted by Gasteiger charge is -2.12. The summed E-state index contributed by atoms with van der Waals surface area (Å²) in [5, 5.41) is 14.7. The number of aromatic nitrogens is 3. The SMILES string of the molecule is CCNC(=NCc1ccc(OCC(C)C)cc1)NCCn1cnnc1CC.I. The van der Waals surface area contributed by atoms with E-state index in [1.165, 1.54) is 0 Å². The van der Waals surface area contributed by atoms with Crippen LogP contribution in [-0.4, -0.2) is 40.4 Å². The van der Waals surface area contributed by atoms with Gasteiger partial charge in [0.1, 0.15) is 17.9 Å². The van der Waals surface area contributed by atoms with Crippen molar-refractivity contribution in [2.45, 2.75) is 47.2 Å². The summed E-state index contributed by atoms with van der Waals surface area (Å²) in [6, 6.07) is 8.14. The van der Waals surface area contributed by atoms with Gasteiger partial charge >= 0.3 is 0 Å². The van der Waals surface area contributed by atoms with Crippen molar-refractivity contribution < 1.29 is 4.74 Å². The fourth-order valence-electron chi connectivity index (χ4n) is 2.50. The van der Waals surface area contributed by atoms with Gasteiger partial charge in [-0.3, -0.25) is 0 Å². The molecule has 0 aliphatic heterocycles. The quantitative estimate of drug-likeness (QED) is 0.298. The minimum atomic E-state index is 0. The monoisotopic (exact) mass is 500 g/mol. The summed E-state index contributed by atoms with van der Waals surface area (Å²) in [5.41, 5.74) is 1.15. The van der Waals surface area contributed by atoms with Gasteiger partial charge in [-0.25, -0.2) is 4.99 Å². The second-order valence-electron chi connectivity index (χ2n) is 6.76. The van der Waals surface area contributed by atoms with E-state index in [2.05, 4.69) is 70.2 Å². The summed E-state index contributed by atoms with van der Waals surface area (Å²) in [7, 11) is 0. The molecule has 0 bridgehead atoms. The van der Waals surface area contributed by atoms with E-state index in [0.717, 1.165) is 55.8 Å². The lowest BCUT2D eigenvalue weighted by molar-refractivity contribution is 0.271. The van der Waals surface area contributed by atoms with Crippen LogP contribution in [-0.2, 0) is 19.5 Å². The highest BCUT2D eigenvalue weighted by Gasteiger charge is 2.03. The van der Waals surface area contributed by atoms with Gasteiger partial charge in [0, 0.05) is 26.1 Å². The number of guanidine groups is 1. The van der Waals surface area contributed by atoms with E-state index in [-0.39, 0.29) is 24.0 Å². The normalized spacial score (nSPS) is 11.2. The Morgan fingerprint density at radius 2 is 1.93 bits per heavy atom. The van der Waals surface area contributed by atoms with E-state index in [1.807, 2.05) is 12.1 Å². The molecule has 0 saturated heterocycles. The Hall–Kier alpha value is -1.84. The fraction of sp³-hybridized carbons (Fsp3) is 0.550. The van der Waals surface area contributed by atoms with Crippen molar-refractivity contribution in [1.29, 1.82) is 0 Å². The standard InChI is InChI=1S/C20H32N6O.HI/c1-5-19-25-24-15-26(19)12-11-22-20(21-6-2)23-13-17-7-9-18(10-8-17)27-14-16(3)4;/h7-10,15-16H,5-6,11-14H2,1-4H3,(H2,21,22,23);1H. The molecule has 0 aliphatic carbocycles. The van der Waals surface area contributed by atoms with Gasteiger partial charge < -0.3 is 19.9 Å². The molecule has 156 valence electrons. The molecule has 1 heterocycles. The van der Waals surface area contributed by atoms with Gasteiger partial charge in [0.25, 0.3) is 0 Å². The Morgan fingerprint density at radius 1 is 1.18 bits per heavy atom. The predicted molar refractivity (Wildman–Crippen MR) is 124 cm³/mol. The van der Waals surface area contributed by atoms with Crippen LogP contribution < -0.4 is 15.4 Å². The molecule has 8 heteroatoms. The zero-order chi connectivity index (χ0) is 19.5. The van der Waals surface area contributed by atoms with Crippen LogP contribution in [0.2, 0.25) is 0 Å². The van der Waals surface area contributed by atoms with Crippen molar-refractivity contribution >= 4 is 29.9 Å². The summed E-state index contributed by atoms with van der Waals surface area (Å²) >= 11 is 0. The highest BCUT2D eigenvalue weighted by Crippen LogP contribution is 2.13. The zero-order valence-corrected chi connectivity index (χ0v) is 19.6. The molecule has 0 radical (unpaired) electrons. The van der Waals surface area contributed by atoms with Gasteiger partial charge in [-0.15, -0.1) is 34.2 Å². The molecule has 7 nitrogen and oxygen atoms in total. The van der Waals surface area contributed by atoms with E-state index in [9.17, 15) is 0 Å². The van der Waals surface area contributed by atoms with Crippen molar-refractivity contribution in [3.05, 3.63) is 42.0 Å². The third-order valence-corrected chi connectivity index (χ3v) is 3.93. The smallest absolute Gasteiger partial charge is 0.191 e. The molecule has 0 aliphatic rings. The Balaban J connectivity index is 0.00000392. The van der Waals surface area contributed by atoms with Crippen molar-refractivity contribution in [2.24, 2.45) is 10.9 Å². The highest BCUT2D eigenvalue weighted by molar-refractivity contribution is 14.0. The summed E-state index contributed by atoms with van der Waals surface area (Å²) in [6.07, 6.45) is 2.65. The molecule has 2 aromatic rings. The van der Waals surface area contributed by atoms with Crippen LogP contribution in [0, 0.1) is 5.92 Å². The van der Waals surface area contributed by atoms with Gasteiger partial charge in [-0.1, -0.05) is 32.9 Å². The molecule has 1 aromatic heterocycles. The fourth-order valence-corrected chi connectivity index (χ4v) is 2.50. The number of hydrogen-bond donors (Lipinski definition) is 2. The van der Waals surface area contributed by atoms with Crippen LogP contribution in [0.4, 0.5) is 0 Å². The highest BCUT2D eigenvalue weighted by atomic mass is 127. The Labute approximate surface area is 185 Å². The van der Waals surface area contributed by atoms with Gasteiger partial charge in [0.2, 0.25) is 0 Å². The van der Waals surface area contributed by atoms with E-state index in [4.69, 9.17) is 4.74 Å². The number of benzene rings is 1. The molecular weight excluding hydrogens is 467 g/mol. The molecule has 2 N–H and O–H groups in total. The van der Waals surface area contributed by atoms with Crippen molar-refractivity contribution in [3.8, 4) is 5.75 Å².